The van der Waals surface area contributed by atoms with Crippen LogP contribution in [0.25, 0.3) is 0 Å². The van der Waals surface area contributed by atoms with Crippen molar-refractivity contribution < 1.29 is 19.4 Å². The van der Waals surface area contributed by atoms with Gasteiger partial charge in [0.15, 0.2) is 0 Å². The van der Waals surface area contributed by atoms with Crippen molar-refractivity contribution in [3.05, 3.63) is 51.7 Å². The van der Waals surface area contributed by atoms with Crippen molar-refractivity contribution in [3.63, 3.8) is 0 Å². The predicted molar refractivity (Wildman–Crippen MR) is 89.5 cm³/mol. The number of amides is 1. The van der Waals surface area contributed by atoms with Gasteiger partial charge in [-0.15, -0.1) is 0 Å². The molecule has 2 aromatic rings. The number of hydrogen-bond donors (Lipinski definition) is 3. The van der Waals surface area contributed by atoms with Crippen LogP contribution in [0, 0.1) is 0 Å². The monoisotopic (exact) mass is 349 g/mol. The van der Waals surface area contributed by atoms with E-state index in [1.54, 1.807) is 0 Å². The van der Waals surface area contributed by atoms with E-state index in [0.29, 0.717) is 11.6 Å². The summed E-state index contributed by atoms with van der Waals surface area (Å²) in [5, 5.41) is 12.4. The summed E-state index contributed by atoms with van der Waals surface area (Å²) in [7, 11) is 1.22. The fraction of sp³-hybridized carbons (Fsp3) is 0.200. The van der Waals surface area contributed by atoms with E-state index in [1.165, 1.54) is 37.1 Å². The number of carbonyl (C=O) groups excluding carboxylic acids is 2. The van der Waals surface area contributed by atoms with Crippen LogP contribution in [0.4, 0.5) is 5.69 Å². The number of aromatic hydroxyl groups is 1. The van der Waals surface area contributed by atoms with Gasteiger partial charge in [0.25, 0.3) is 11.5 Å². The second-order valence-corrected chi connectivity index (χ2v) is 5.55. The number of nitrogens with zero attached hydrogens (tertiary/aromatic N) is 1. The number of rotatable bonds is 5. The van der Waals surface area contributed by atoms with Gasteiger partial charge in [0.2, 0.25) is 0 Å². The van der Waals surface area contributed by atoms with Crippen LogP contribution in [0.2, 0.25) is 0 Å². The molecule has 0 aliphatic rings. The Kier molecular flexibility index (Phi) is 5.59. The number of benzene rings is 1. The van der Waals surface area contributed by atoms with Gasteiger partial charge in [-0.3, -0.25) is 9.59 Å². The van der Waals surface area contributed by atoms with Crippen LogP contribution >= 0.6 is 11.8 Å². The average Bonchev–Trinajstić information content (AvgIpc) is 2.55. The number of hydrogen-bond acceptors (Lipinski definition) is 7. The van der Waals surface area contributed by atoms with E-state index in [-0.39, 0.29) is 22.7 Å². The molecular weight excluding hydrogens is 334 g/mol. The Morgan fingerprint density at radius 3 is 2.75 bits per heavy atom. The fourth-order valence-electron chi connectivity index (χ4n) is 1.90. The Morgan fingerprint density at radius 1 is 1.38 bits per heavy atom. The lowest BCUT2D eigenvalue weighted by Gasteiger charge is -2.08. The molecule has 2 rings (SSSR count). The lowest BCUT2D eigenvalue weighted by Crippen LogP contribution is -2.20. The Labute approximate surface area is 141 Å². The van der Waals surface area contributed by atoms with Crippen molar-refractivity contribution in [3.8, 4) is 5.75 Å². The normalized spacial score (nSPS) is 10.2. The molecule has 1 aromatic heterocycles. The molecule has 3 N–H and O–H groups in total. The van der Waals surface area contributed by atoms with E-state index < -0.39 is 17.4 Å². The van der Waals surface area contributed by atoms with Crippen molar-refractivity contribution in [2.45, 2.75) is 5.75 Å². The number of thioether (sulfide) groups is 1. The molecule has 0 atom stereocenters. The second kappa shape index (κ2) is 7.64. The van der Waals surface area contributed by atoms with Crippen LogP contribution in [-0.2, 0) is 10.5 Å². The maximum atomic E-state index is 12.2. The van der Waals surface area contributed by atoms with E-state index in [4.69, 9.17) is 0 Å². The highest BCUT2D eigenvalue weighted by Gasteiger charge is 2.14. The minimum atomic E-state index is -0.649. The van der Waals surface area contributed by atoms with Gasteiger partial charge >= 0.3 is 5.97 Å². The van der Waals surface area contributed by atoms with Gasteiger partial charge in [-0.1, -0.05) is 0 Å². The van der Waals surface area contributed by atoms with E-state index >= 15 is 0 Å². The van der Waals surface area contributed by atoms with Crippen LogP contribution in [0.1, 0.15) is 26.7 Å². The number of esters is 1. The molecule has 0 fully saturated rings. The molecule has 0 saturated carbocycles. The lowest BCUT2D eigenvalue weighted by atomic mass is 10.2. The van der Waals surface area contributed by atoms with Gasteiger partial charge < -0.3 is 20.1 Å². The molecule has 0 aliphatic carbocycles. The maximum Gasteiger partial charge on any atom is 0.337 e. The summed E-state index contributed by atoms with van der Waals surface area (Å²) in [6.45, 7) is 0. The topological polar surface area (TPSA) is 121 Å². The standard InChI is InChI=1S/C15H15N3O5S/c1-23-15(22)8-3-4-9(11(19)5-8)17-14(21)10-6-13(20)18-12(16-10)7-24-2/h3-6,19H,7H2,1-2H3,(H,17,21)(H,16,18,20). The lowest BCUT2D eigenvalue weighted by molar-refractivity contribution is 0.0600. The van der Waals surface area contributed by atoms with E-state index in [9.17, 15) is 19.5 Å². The predicted octanol–water partition coefficient (Wildman–Crippen LogP) is 1.38. The van der Waals surface area contributed by atoms with Crippen LogP contribution in [-0.4, -0.2) is 40.3 Å². The summed E-state index contributed by atoms with van der Waals surface area (Å²) in [5.74, 6) is -0.730. The molecule has 24 heavy (non-hydrogen) atoms. The Bertz CT molecular complexity index is 834. The van der Waals surface area contributed by atoms with Gasteiger partial charge in [0.1, 0.15) is 17.3 Å². The molecule has 126 valence electrons. The number of phenols is 1. The first kappa shape index (κ1) is 17.5. The molecular formula is C15H15N3O5S. The molecule has 8 nitrogen and oxygen atoms in total. The number of ether oxygens (including phenoxy) is 1. The van der Waals surface area contributed by atoms with E-state index in [1.807, 2.05) is 6.26 Å². The van der Waals surface area contributed by atoms with Gasteiger partial charge in [0.05, 0.1) is 24.1 Å². The van der Waals surface area contributed by atoms with E-state index in [2.05, 4.69) is 20.0 Å². The van der Waals surface area contributed by atoms with Crippen LogP contribution < -0.4 is 10.9 Å². The van der Waals surface area contributed by atoms with Gasteiger partial charge in [-0.25, -0.2) is 9.78 Å². The summed E-state index contributed by atoms with van der Waals surface area (Å²) in [6.07, 6.45) is 1.84. The van der Waals surface area contributed by atoms with Gasteiger partial charge in [-0.05, 0) is 24.5 Å². The molecule has 1 aromatic carbocycles. The molecule has 9 heteroatoms. The highest BCUT2D eigenvalue weighted by atomic mass is 32.2. The third-order valence-corrected chi connectivity index (χ3v) is 3.53. The molecule has 0 bridgehead atoms. The third kappa shape index (κ3) is 4.13. The Hall–Kier alpha value is -2.81. The van der Waals surface area contributed by atoms with Crippen LogP contribution in [0.5, 0.6) is 5.75 Å². The number of anilines is 1. The molecule has 1 heterocycles. The first-order valence-corrected chi connectivity index (χ1v) is 8.16. The third-order valence-electron chi connectivity index (χ3n) is 2.97. The minimum Gasteiger partial charge on any atom is -0.506 e. The fourth-order valence-corrected chi connectivity index (χ4v) is 2.31. The Morgan fingerprint density at radius 2 is 2.12 bits per heavy atom. The molecule has 0 unspecified atom stereocenters. The summed E-state index contributed by atoms with van der Waals surface area (Å²) < 4.78 is 4.54. The zero-order valence-corrected chi connectivity index (χ0v) is 13.8. The number of phenolic OH excluding ortho intramolecular Hbond substituents is 1. The summed E-state index contributed by atoms with van der Waals surface area (Å²) in [6, 6.07) is 4.99. The van der Waals surface area contributed by atoms with Gasteiger partial charge in [0, 0.05) is 6.07 Å². The van der Waals surface area contributed by atoms with Gasteiger partial charge in [-0.2, -0.15) is 11.8 Å². The van der Waals surface area contributed by atoms with Crippen molar-refractivity contribution in [1.29, 1.82) is 0 Å². The molecule has 0 spiro atoms. The van der Waals surface area contributed by atoms with Crippen molar-refractivity contribution in [2.24, 2.45) is 0 Å². The molecule has 0 saturated heterocycles. The van der Waals surface area contributed by atoms with E-state index in [0.717, 1.165) is 6.07 Å². The number of H-pyrrole nitrogens is 1. The molecule has 1 amide bonds. The summed E-state index contributed by atoms with van der Waals surface area (Å²) in [5.41, 5.74) is -0.283. The van der Waals surface area contributed by atoms with Crippen molar-refractivity contribution in [1.82, 2.24) is 9.97 Å². The van der Waals surface area contributed by atoms with Crippen molar-refractivity contribution in [2.75, 3.05) is 18.7 Å². The number of carbonyl (C=O) groups is 2. The average molecular weight is 349 g/mol. The van der Waals surface area contributed by atoms with Crippen LogP contribution in [0.3, 0.4) is 0 Å². The quantitative estimate of drug-likeness (QED) is 0.550. The highest BCUT2D eigenvalue weighted by molar-refractivity contribution is 7.97. The SMILES string of the molecule is COC(=O)c1ccc(NC(=O)c2cc(=O)[nH]c(CSC)n2)c(O)c1. The highest BCUT2D eigenvalue weighted by Crippen LogP contribution is 2.25. The van der Waals surface area contributed by atoms with Crippen LogP contribution in [0.15, 0.2) is 29.1 Å². The molecule has 0 radical (unpaired) electrons. The number of methoxy groups -OCH3 is 1. The summed E-state index contributed by atoms with van der Waals surface area (Å²) >= 11 is 1.45. The Balaban J connectivity index is 2.24. The number of nitrogens with one attached hydrogen (secondary N) is 2. The second-order valence-electron chi connectivity index (χ2n) is 4.69. The van der Waals surface area contributed by atoms with Crippen molar-refractivity contribution >= 4 is 29.3 Å². The first-order valence-electron chi connectivity index (χ1n) is 6.76. The maximum absolute atomic E-state index is 12.2. The minimum absolute atomic E-state index is 0.0701. The largest absolute Gasteiger partial charge is 0.506 e. The zero-order valence-electron chi connectivity index (χ0n) is 13.0. The first-order chi connectivity index (χ1) is 11.4. The zero-order chi connectivity index (χ0) is 17.7. The smallest absolute Gasteiger partial charge is 0.337 e. The number of aromatic nitrogens is 2. The number of aromatic amines is 1. The summed E-state index contributed by atoms with van der Waals surface area (Å²) in [4.78, 5) is 41.8. The molecule has 0 aliphatic heterocycles.